The molecule has 206 valence electrons. The molecular weight excluding hydrogens is 565 g/mol. The predicted octanol–water partition coefficient (Wildman–Crippen LogP) is 4.12. The summed E-state index contributed by atoms with van der Waals surface area (Å²) in [5.74, 6) is -0.255. The lowest BCUT2D eigenvalue weighted by molar-refractivity contribution is -0.139. The van der Waals surface area contributed by atoms with Gasteiger partial charge >= 0.3 is 0 Å². The molecule has 0 aliphatic carbocycles. The summed E-state index contributed by atoms with van der Waals surface area (Å²) in [5.41, 5.74) is 0.626. The van der Waals surface area contributed by atoms with Crippen molar-refractivity contribution in [3.63, 3.8) is 0 Å². The van der Waals surface area contributed by atoms with Gasteiger partial charge in [0.1, 0.15) is 25.8 Å². The molecule has 0 spiro atoms. The number of likely N-dealkylation sites (N-methyl/N-ethyl adjacent to an activating group) is 1. The average Bonchev–Trinajstić information content (AvgIpc) is 2.95. The number of halogens is 2. The van der Waals surface area contributed by atoms with Crippen LogP contribution in [-0.2, 0) is 26.2 Å². The smallest absolute Gasteiger partial charge is 0.264 e. The lowest BCUT2D eigenvalue weighted by atomic mass is 10.1. The Bertz CT molecular complexity index is 1450. The number of anilines is 1. The number of hydrogen-bond acceptors (Lipinski definition) is 6. The topological polar surface area (TPSA) is 105 Å². The van der Waals surface area contributed by atoms with Gasteiger partial charge in [-0.25, -0.2) is 8.42 Å². The monoisotopic (exact) mass is 591 g/mol. The fraction of sp³-hybridized carbons (Fsp3) is 0.259. The fourth-order valence-corrected chi connectivity index (χ4v) is 6.02. The van der Waals surface area contributed by atoms with Crippen molar-refractivity contribution in [3.05, 3.63) is 82.3 Å². The summed E-state index contributed by atoms with van der Waals surface area (Å²) in [5, 5.41) is 3.15. The molecule has 0 radical (unpaired) electrons. The number of rotatable bonds is 9. The average molecular weight is 593 g/mol. The van der Waals surface area contributed by atoms with Crippen LogP contribution in [0.2, 0.25) is 10.0 Å². The van der Waals surface area contributed by atoms with Crippen LogP contribution in [0.5, 0.6) is 11.5 Å². The minimum Gasteiger partial charge on any atom is -0.486 e. The Morgan fingerprint density at radius 2 is 1.59 bits per heavy atom. The second kappa shape index (κ2) is 12.1. The van der Waals surface area contributed by atoms with Crippen molar-refractivity contribution in [3.8, 4) is 11.5 Å². The van der Waals surface area contributed by atoms with Gasteiger partial charge in [0.2, 0.25) is 11.8 Å². The largest absolute Gasteiger partial charge is 0.486 e. The van der Waals surface area contributed by atoms with Gasteiger partial charge in [0.15, 0.2) is 11.5 Å². The fourth-order valence-electron chi connectivity index (χ4n) is 4.08. The Morgan fingerprint density at radius 3 is 2.23 bits per heavy atom. The SMILES string of the molecule is CNC(=O)C(C)N(Cc1c(Cl)cccc1Cl)C(=O)CN(c1ccc2c(c1)OCCO2)S(=O)(=O)c1ccccc1. The molecule has 0 fully saturated rings. The highest BCUT2D eigenvalue weighted by molar-refractivity contribution is 7.92. The van der Waals surface area contributed by atoms with E-state index in [2.05, 4.69) is 5.32 Å². The molecule has 0 saturated heterocycles. The van der Waals surface area contributed by atoms with E-state index < -0.39 is 34.4 Å². The number of fused-ring (bicyclic) bond motifs is 1. The highest BCUT2D eigenvalue weighted by Gasteiger charge is 2.33. The van der Waals surface area contributed by atoms with E-state index in [0.717, 1.165) is 4.31 Å². The minimum atomic E-state index is -4.21. The van der Waals surface area contributed by atoms with Gasteiger partial charge in [0.05, 0.1) is 10.6 Å². The molecule has 1 heterocycles. The molecule has 1 N–H and O–H groups in total. The molecular formula is C27H27Cl2N3O6S. The van der Waals surface area contributed by atoms with Crippen molar-refractivity contribution in [2.75, 3.05) is 31.1 Å². The summed E-state index contributed by atoms with van der Waals surface area (Å²) in [4.78, 5) is 27.7. The summed E-state index contributed by atoms with van der Waals surface area (Å²) >= 11 is 12.7. The Morgan fingerprint density at radius 1 is 0.949 bits per heavy atom. The second-order valence-electron chi connectivity index (χ2n) is 8.66. The van der Waals surface area contributed by atoms with Gasteiger partial charge in [-0.1, -0.05) is 47.5 Å². The molecule has 3 aromatic carbocycles. The number of nitrogens with one attached hydrogen (secondary N) is 1. The Labute approximate surface area is 237 Å². The normalized spacial score (nSPS) is 13.3. The molecule has 9 nitrogen and oxygen atoms in total. The number of amides is 2. The standard InChI is InChI=1S/C27H27Cl2N3O6S/c1-18(27(34)30-2)31(16-21-22(28)9-6-10-23(21)29)26(33)17-32(39(35,36)20-7-4-3-5-8-20)19-11-12-24-25(15-19)38-14-13-37-24/h3-12,15,18H,13-14,16-17H2,1-2H3,(H,30,34). The maximum absolute atomic E-state index is 13.9. The zero-order chi connectivity index (χ0) is 28.2. The summed E-state index contributed by atoms with van der Waals surface area (Å²) in [6.45, 7) is 1.48. The minimum absolute atomic E-state index is 0.00672. The van der Waals surface area contributed by atoms with E-state index in [0.29, 0.717) is 40.3 Å². The number of nitrogens with zero attached hydrogens (tertiary/aromatic N) is 2. The molecule has 0 saturated carbocycles. The van der Waals surface area contributed by atoms with Crippen molar-refractivity contribution in [2.45, 2.75) is 24.4 Å². The Hall–Kier alpha value is -3.47. The van der Waals surface area contributed by atoms with Crippen molar-refractivity contribution < 1.29 is 27.5 Å². The molecule has 3 aromatic rings. The number of ether oxygens (including phenoxy) is 2. The van der Waals surface area contributed by atoms with Gasteiger partial charge in [-0.05, 0) is 43.3 Å². The molecule has 1 aliphatic rings. The third-order valence-corrected chi connectivity index (χ3v) is 8.72. The first-order valence-corrected chi connectivity index (χ1v) is 14.2. The van der Waals surface area contributed by atoms with Crippen LogP contribution in [-0.4, -0.2) is 58.0 Å². The maximum Gasteiger partial charge on any atom is 0.264 e. The van der Waals surface area contributed by atoms with Crippen LogP contribution in [0.15, 0.2) is 71.6 Å². The van der Waals surface area contributed by atoms with Gasteiger partial charge in [-0.15, -0.1) is 0 Å². The van der Waals surface area contributed by atoms with Crippen molar-refractivity contribution >= 4 is 50.7 Å². The first-order chi connectivity index (χ1) is 18.6. The van der Waals surface area contributed by atoms with Gasteiger partial charge in [-0.2, -0.15) is 0 Å². The lowest BCUT2D eigenvalue weighted by Gasteiger charge is -2.32. The number of hydrogen-bond donors (Lipinski definition) is 1. The molecule has 2 amide bonds. The van der Waals surface area contributed by atoms with Gasteiger partial charge in [0.25, 0.3) is 10.0 Å². The van der Waals surface area contributed by atoms with Gasteiger partial charge in [0, 0.05) is 35.3 Å². The van der Waals surface area contributed by atoms with E-state index in [1.807, 2.05) is 0 Å². The Kier molecular flexibility index (Phi) is 8.89. The van der Waals surface area contributed by atoms with Crippen LogP contribution in [0, 0.1) is 0 Å². The zero-order valence-electron chi connectivity index (χ0n) is 21.3. The van der Waals surface area contributed by atoms with Crippen molar-refractivity contribution in [1.29, 1.82) is 0 Å². The summed E-state index contributed by atoms with van der Waals surface area (Å²) < 4.78 is 39.9. The van der Waals surface area contributed by atoms with Crippen LogP contribution < -0.4 is 19.1 Å². The number of sulfonamides is 1. The highest BCUT2D eigenvalue weighted by Crippen LogP contribution is 2.36. The third kappa shape index (κ3) is 6.24. The summed E-state index contributed by atoms with van der Waals surface area (Å²) in [7, 11) is -2.76. The molecule has 1 aliphatic heterocycles. The molecule has 12 heteroatoms. The van der Waals surface area contributed by atoms with E-state index in [1.165, 1.54) is 30.1 Å². The summed E-state index contributed by atoms with van der Waals surface area (Å²) in [6, 6.07) is 16.4. The van der Waals surface area contributed by atoms with E-state index in [1.54, 1.807) is 55.5 Å². The summed E-state index contributed by atoms with van der Waals surface area (Å²) in [6.07, 6.45) is 0. The van der Waals surface area contributed by atoms with Crippen molar-refractivity contribution in [1.82, 2.24) is 10.2 Å². The van der Waals surface area contributed by atoms with E-state index in [9.17, 15) is 18.0 Å². The number of benzene rings is 3. The number of carbonyl (C=O) groups is 2. The van der Waals surface area contributed by atoms with Crippen molar-refractivity contribution in [2.24, 2.45) is 0 Å². The van der Waals surface area contributed by atoms with Crippen LogP contribution >= 0.6 is 23.2 Å². The molecule has 4 rings (SSSR count). The quantitative estimate of drug-likeness (QED) is 0.401. The lowest BCUT2D eigenvalue weighted by Crippen LogP contribution is -2.50. The molecule has 0 aromatic heterocycles. The van der Waals surface area contributed by atoms with E-state index in [4.69, 9.17) is 32.7 Å². The van der Waals surface area contributed by atoms with Crippen LogP contribution in [0.1, 0.15) is 12.5 Å². The molecule has 0 bridgehead atoms. The molecule has 39 heavy (non-hydrogen) atoms. The Balaban J connectivity index is 1.76. The zero-order valence-corrected chi connectivity index (χ0v) is 23.6. The third-order valence-electron chi connectivity index (χ3n) is 6.23. The van der Waals surface area contributed by atoms with Gasteiger partial charge < -0.3 is 19.7 Å². The predicted molar refractivity (Wildman–Crippen MR) is 149 cm³/mol. The van der Waals surface area contributed by atoms with Gasteiger partial charge in [-0.3, -0.25) is 13.9 Å². The first kappa shape index (κ1) is 28.5. The molecule has 1 unspecified atom stereocenters. The van der Waals surface area contributed by atoms with Crippen LogP contribution in [0.4, 0.5) is 5.69 Å². The molecule has 1 atom stereocenters. The maximum atomic E-state index is 13.9. The highest BCUT2D eigenvalue weighted by atomic mass is 35.5. The van der Waals surface area contributed by atoms with Crippen LogP contribution in [0.3, 0.4) is 0 Å². The number of carbonyl (C=O) groups excluding carboxylic acids is 2. The van der Waals surface area contributed by atoms with E-state index in [-0.39, 0.29) is 17.1 Å². The van der Waals surface area contributed by atoms with Crippen LogP contribution in [0.25, 0.3) is 0 Å². The second-order valence-corrected chi connectivity index (χ2v) is 11.3. The van der Waals surface area contributed by atoms with E-state index >= 15 is 0 Å². The first-order valence-electron chi connectivity index (χ1n) is 12.0.